The fraction of sp³-hybridized carbons (Fsp3) is 0.700. The highest BCUT2D eigenvalue weighted by molar-refractivity contribution is 5.10. The van der Waals surface area contributed by atoms with Crippen molar-refractivity contribution in [2.45, 2.75) is 39.2 Å². The Bertz CT molecular complexity index is 302. The van der Waals surface area contributed by atoms with Gasteiger partial charge >= 0.3 is 0 Å². The number of hydrogen-bond donors (Lipinski definition) is 1. The molecular formula is C10H16N2O. The van der Waals surface area contributed by atoms with Crippen LogP contribution in [0, 0.1) is 12.8 Å². The monoisotopic (exact) mass is 180 g/mol. The minimum absolute atomic E-state index is 0.455. The van der Waals surface area contributed by atoms with Gasteiger partial charge < -0.3 is 10.2 Å². The van der Waals surface area contributed by atoms with Gasteiger partial charge in [0, 0.05) is 5.92 Å². The van der Waals surface area contributed by atoms with Crippen molar-refractivity contribution >= 4 is 0 Å². The van der Waals surface area contributed by atoms with Gasteiger partial charge in [0.1, 0.15) is 5.76 Å². The van der Waals surface area contributed by atoms with Crippen LogP contribution in [-0.4, -0.2) is 4.98 Å². The van der Waals surface area contributed by atoms with E-state index >= 15 is 0 Å². The molecule has 1 heterocycles. The summed E-state index contributed by atoms with van der Waals surface area (Å²) in [5, 5.41) is 0. The molecule has 3 heteroatoms. The molecule has 1 aromatic heterocycles. The summed E-state index contributed by atoms with van der Waals surface area (Å²) in [7, 11) is 0. The second-order valence-electron chi connectivity index (χ2n) is 3.89. The number of hydrogen-bond acceptors (Lipinski definition) is 3. The normalized spacial score (nSPS) is 19.0. The van der Waals surface area contributed by atoms with E-state index in [4.69, 9.17) is 10.2 Å². The quantitative estimate of drug-likeness (QED) is 0.773. The topological polar surface area (TPSA) is 52.0 Å². The van der Waals surface area contributed by atoms with E-state index < -0.39 is 0 Å². The van der Waals surface area contributed by atoms with Gasteiger partial charge in [0.25, 0.3) is 0 Å². The summed E-state index contributed by atoms with van der Waals surface area (Å²) in [5.41, 5.74) is 6.47. The zero-order valence-corrected chi connectivity index (χ0v) is 8.21. The molecule has 2 N–H and O–H groups in total. The molecular weight excluding hydrogens is 164 g/mol. The summed E-state index contributed by atoms with van der Waals surface area (Å²) in [6.45, 7) is 4.59. The van der Waals surface area contributed by atoms with E-state index in [1.54, 1.807) is 0 Å². The fourth-order valence-electron chi connectivity index (χ4n) is 1.63. The van der Waals surface area contributed by atoms with E-state index in [0.717, 1.165) is 23.3 Å². The van der Waals surface area contributed by atoms with Crippen molar-refractivity contribution in [2.24, 2.45) is 11.7 Å². The van der Waals surface area contributed by atoms with Crippen LogP contribution in [0.15, 0.2) is 4.42 Å². The molecule has 72 valence electrons. The third kappa shape index (κ3) is 1.61. The van der Waals surface area contributed by atoms with Gasteiger partial charge in [0.05, 0.1) is 12.2 Å². The van der Waals surface area contributed by atoms with Crippen LogP contribution in [0.5, 0.6) is 0 Å². The van der Waals surface area contributed by atoms with Crippen LogP contribution < -0.4 is 5.73 Å². The van der Waals surface area contributed by atoms with Crippen molar-refractivity contribution in [2.75, 3.05) is 0 Å². The van der Waals surface area contributed by atoms with E-state index in [9.17, 15) is 0 Å². The van der Waals surface area contributed by atoms with Crippen LogP contribution in [0.3, 0.4) is 0 Å². The first-order valence-electron chi connectivity index (χ1n) is 4.88. The fourth-order valence-corrected chi connectivity index (χ4v) is 1.63. The van der Waals surface area contributed by atoms with Gasteiger partial charge in [0.15, 0.2) is 5.89 Å². The molecule has 0 spiro atoms. The number of oxazole rings is 1. The Morgan fingerprint density at radius 3 is 2.77 bits per heavy atom. The van der Waals surface area contributed by atoms with Gasteiger partial charge in [-0.15, -0.1) is 0 Å². The molecule has 1 aromatic rings. The maximum Gasteiger partial charge on any atom is 0.197 e. The van der Waals surface area contributed by atoms with Crippen molar-refractivity contribution in [3.05, 3.63) is 17.3 Å². The third-order valence-corrected chi connectivity index (χ3v) is 2.81. The first-order chi connectivity index (χ1) is 6.22. The third-order valence-electron chi connectivity index (χ3n) is 2.81. The van der Waals surface area contributed by atoms with Gasteiger partial charge in [-0.2, -0.15) is 0 Å². The van der Waals surface area contributed by atoms with E-state index in [2.05, 4.69) is 11.9 Å². The lowest BCUT2D eigenvalue weighted by molar-refractivity contribution is 0.411. The molecule has 1 atom stereocenters. The smallest absolute Gasteiger partial charge is 0.197 e. The van der Waals surface area contributed by atoms with E-state index in [-0.39, 0.29) is 0 Å². The summed E-state index contributed by atoms with van der Waals surface area (Å²) in [4.78, 5) is 4.40. The average Bonchev–Trinajstić information content (AvgIpc) is 2.89. The lowest BCUT2D eigenvalue weighted by atomic mass is 10.1. The second-order valence-corrected chi connectivity index (χ2v) is 3.89. The minimum Gasteiger partial charge on any atom is -0.444 e. The minimum atomic E-state index is 0.455. The molecule has 1 aliphatic rings. The highest BCUT2D eigenvalue weighted by Gasteiger charge is 2.32. The average molecular weight is 180 g/mol. The molecule has 0 aliphatic heterocycles. The number of nitrogens with zero attached hydrogens (tertiary/aromatic N) is 1. The Morgan fingerprint density at radius 1 is 1.62 bits per heavy atom. The van der Waals surface area contributed by atoms with Crippen molar-refractivity contribution in [3.63, 3.8) is 0 Å². The summed E-state index contributed by atoms with van der Waals surface area (Å²) in [6.07, 6.45) is 2.64. The Hall–Kier alpha value is -0.830. The number of nitrogens with two attached hydrogens (primary N) is 1. The van der Waals surface area contributed by atoms with Gasteiger partial charge in [0.2, 0.25) is 0 Å². The molecule has 0 saturated heterocycles. The van der Waals surface area contributed by atoms with Gasteiger partial charge in [-0.05, 0) is 25.7 Å². The van der Waals surface area contributed by atoms with E-state index in [1.165, 1.54) is 12.8 Å². The highest BCUT2D eigenvalue weighted by Crippen LogP contribution is 2.42. The molecule has 3 nitrogen and oxygen atoms in total. The van der Waals surface area contributed by atoms with Gasteiger partial charge in [-0.25, -0.2) is 4.98 Å². The Kier molecular flexibility index (Phi) is 2.12. The lowest BCUT2D eigenvalue weighted by Gasteiger charge is -2.02. The summed E-state index contributed by atoms with van der Waals surface area (Å²) < 4.78 is 5.59. The van der Waals surface area contributed by atoms with Crippen LogP contribution in [0.4, 0.5) is 0 Å². The van der Waals surface area contributed by atoms with Crippen LogP contribution in [-0.2, 0) is 6.54 Å². The van der Waals surface area contributed by atoms with E-state index in [0.29, 0.717) is 12.5 Å². The molecule has 0 aromatic carbocycles. The standard InChI is InChI=1S/C10H16N2O/c1-6(8-3-4-8)10-12-7(2)9(5-11)13-10/h6,8H,3-5,11H2,1-2H3. The van der Waals surface area contributed by atoms with Crippen LogP contribution in [0.2, 0.25) is 0 Å². The Balaban J connectivity index is 2.19. The molecule has 0 bridgehead atoms. The van der Waals surface area contributed by atoms with Gasteiger partial charge in [-0.3, -0.25) is 0 Å². The predicted molar refractivity (Wildman–Crippen MR) is 50.3 cm³/mol. The first kappa shape index (κ1) is 8.75. The van der Waals surface area contributed by atoms with Crippen molar-refractivity contribution in [1.29, 1.82) is 0 Å². The first-order valence-corrected chi connectivity index (χ1v) is 4.88. The second kappa shape index (κ2) is 3.14. The van der Waals surface area contributed by atoms with Crippen molar-refractivity contribution in [1.82, 2.24) is 4.98 Å². The largest absolute Gasteiger partial charge is 0.444 e. The van der Waals surface area contributed by atoms with Crippen LogP contribution in [0.1, 0.15) is 43.0 Å². The molecule has 1 unspecified atom stereocenters. The lowest BCUT2D eigenvalue weighted by Crippen LogP contribution is -1.96. The van der Waals surface area contributed by atoms with Gasteiger partial charge in [-0.1, -0.05) is 6.92 Å². The van der Waals surface area contributed by atoms with E-state index in [1.807, 2.05) is 6.92 Å². The SMILES string of the molecule is Cc1nc(C(C)C2CC2)oc1CN. The highest BCUT2D eigenvalue weighted by atomic mass is 16.4. The van der Waals surface area contributed by atoms with Crippen molar-refractivity contribution < 1.29 is 4.42 Å². The number of aryl methyl sites for hydroxylation is 1. The molecule has 13 heavy (non-hydrogen) atoms. The zero-order valence-electron chi connectivity index (χ0n) is 8.21. The molecule has 1 aliphatic carbocycles. The Morgan fingerprint density at radius 2 is 2.31 bits per heavy atom. The maximum absolute atomic E-state index is 5.59. The molecule has 0 radical (unpaired) electrons. The molecule has 1 fully saturated rings. The molecule has 2 rings (SSSR count). The summed E-state index contributed by atoms with van der Waals surface area (Å²) in [5.74, 6) is 2.98. The van der Waals surface area contributed by atoms with Crippen molar-refractivity contribution in [3.8, 4) is 0 Å². The van der Waals surface area contributed by atoms with Crippen LogP contribution >= 0.6 is 0 Å². The summed E-state index contributed by atoms with van der Waals surface area (Å²) >= 11 is 0. The molecule has 1 saturated carbocycles. The van der Waals surface area contributed by atoms with Crippen LogP contribution in [0.25, 0.3) is 0 Å². The summed E-state index contributed by atoms with van der Waals surface area (Å²) in [6, 6.07) is 0. The zero-order chi connectivity index (χ0) is 9.42. The maximum atomic E-state index is 5.59. The number of aromatic nitrogens is 1. The molecule has 0 amide bonds. The number of rotatable bonds is 3. The Labute approximate surface area is 78.3 Å². The predicted octanol–water partition coefficient (Wildman–Crippen LogP) is 1.96.